The molecule has 8 nitrogen and oxygen atoms in total. The molecule has 1 heterocycles. The molecule has 0 spiro atoms. The highest BCUT2D eigenvalue weighted by molar-refractivity contribution is 6.32. The zero-order valence-electron chi connectivity index (χ0n) is 18.6. The Balaban J connectivity index is 1.32. The number of phenols is 1. The molecular weight excluding hydrogens is 482 g/mol. The van der Waals surface area contributed by atoms with E-state index >= 15 is 0 Å². The van der Waals surface area contributed by atoms with Gasteiger partial charge in [0, 0.05) is 16.5 Å². The Morgan fingerprint density at radius 3 is 2.31 bits per heavy atom. The van der Waals surface area contributed by atoms with Crippen LogP contribution < -0.4 is 10.2 Å². The van der Waals surface area contributed by atoms with Crippen LogP contribution in [-0.2, 0) is 0 Å². The van der Waals surface area contributed by atoms with Gasteiger partial charge in [-0.1, -0.05) is 48.0 Å². The molecule has 3 amide bonds. The van der Waals surface area contributed by atoms with Crippen molar-refractivity contribution in [2.24, 2.45) is 5.10 Å². The molecule has 0 saturated carbocycles. The molecule has 0 aromatic heterocycles. The van der Waals surface area contributed by atoms with E-state index in [0.29, 0.717) is 22.4 Å². The van der Waals surface area contributed by atoms with Crippen molar-refractivity contribution in [2.45, 2.75) is 0 Å². The molecule has 36 heavy (non-hydrogen) atoms. The van der Waals surface area contributed by atoms with Crippen molar-refractivity contribution in [3.05, 3.63) is 106 Å². The highest BCUT2D eigenvalue weighted by Gasteiger charge is 2.35. The van der Waals surface area contributed by atoms with E-state index in [0.717, 1.165) is 15.7 Å². The molecule has 9 heteroatoms. The van der Waals surface area contributed by atoms with Crippen molar-refractivity contribution in [3.63, 3.8) is 0 Å². The maximum atomic E-state index is 12.6. The Labute approximate surface area is 210 Å². The van der Waals surface area contributed by atoms with E-state index in [2.05, 4.69) is 10.5 Å². The van der Waals surface area contributed by atoms with Crippen LogP contribution in [0.5, 0.6) is 11.5 Å². The zero-order chi connectivity index (χ0) is 25.2. The number of aromatic hydroxyl groups is 1. The smallest absolute Gasteiger partial charge is 0.271 e. The molecule has 0 aliphatic carbocycles. The number of carbonyl (C=O) groups is 3. The highest BCUT2D eigenvalue weighted by atomic mass is 35.5. The zero-order valence-corrected chi connectivity index (χ0v) is 19.4. The molecule has 0 bridgehead atoms. The number of imide groups is 1. The van der Waals surface area contributed by atoms with Gasteiger partial charge in [0.1, 0.15) is 11.5 Å². The minimum atomic E-state index is -0.488. The molecule has 0 radical (unpaired) electrons. The molecule has 0 unspecified atom stereocenters. The topological polar surface area (TPSA) is 108 Å². The first-order chi connectivity index (χ1) is 17.4. The third kappa shape index (κ3) is 4.25. The van der Waals surface area contributed by atoms with E-state index in [1.165, 1.54) is 24.4 Å². The van der Waals surface area contributed by atoms with Crippen LogP contribution in [0.4, 0.5) is 0 Å². The van der Waals surface area contributed by atoms with Crippen molar-refractivity contribution in [2.75, 3.05) is 6.73 Å². The van der Waals surface area contributed by atoms with Gasteiger partial charge < -0.3 is 9.84 Å². The summed E-state index contributed by atoms with van der Waals surface area (Å²) in [6.45, 7) is -0.227. The first-order valence-corrected chi connectivity index (χ1v) is 11.2. The number of ether oxygens (including phenoxy) is 1. The Bertz CT molecular complexity index is 1530. The van der Waals surface area contributed by atoms with Gasteiger partial charge in [-0.15, -0.1) is 0 Å². The van der Waals surface area contributed by atoms with Crippen LogP contribution >= 0.6 is 11.6 Å². The summed E-state index contributed by atoms with van der Waals surface area (Å²) < 4.78 is 5.89. The van der Waals surface area contributed by atoms with E-state index in [1.807, 2.05) is 24.3 Å². The monoisotopic (exact) mass is 499 g/mol. The lowest BCUT2D eigenvalue weighted by Crippen LogP contribution is -2.33. The van der Waals surface area contributed by atoms with Crippen LogP contribution in [0, 0.1) is 0 Å². The van der Waals surface area contributed by atoms with Gasteiger partial charge in [-0.3, -0.25) is 14.4 Å². The van der Waals surface area contributed by atoms with Crippen LogP contribution in [0.2, 0.25) is 5.02 Å². The van der Waals surface area contributed by atoms with Crippen LogP contribution in [0.3, 0.4) is 0 Å². The summed E-state index contributed by atoms with van der Waals surface area (Å²) in [6, 6.07) is 21.6. The van der Waals surface area contributed by atoms with E-state index in [1.54, 1.807) is 36.4 Å². The molecule has 0 atom stereocenters. The average Bonchev–Trinajstić information content (AvgIpc) is 3.14. The Morgan fingerprint density at radius 2 is 1.61 bits per heavy atom. The largest absolute Gasteiger partial charge is 0.506 e. The second-order valence-electron chi connectivity index (χ2n) is 7.92. The van der Waals surface area contributed by atoms with Gasteiger partial charge >= 0.3 is 0 Å². The maximum Gasteiger partial charge on any atom is 0.271 e. The lowest BCUT2D eigenvalue weighted by atomic mass is 10.0. The quantitative estimate of drug-likeness (QED) is 0.229. The summed E-state index contributed by atoms with van der Waals surface area (Å²) in [5.41, 5.74) is 4.11. The van der Waals surface area contributed by atoms with Crippen LogP contribution in [0.15, 0.2) is 84.0 Å². The van der Waals surface area contributed by atoms with Crippen LogP contribution in [-0.4, -0.2) is 40.7 Å². The van der Waals surface area contributed by atoms with Crippen molar-refractivity contribution in [3.8, 4) is 11.5 Å². The summed E-state index contributed by atoms with van der Waals surface area (Å²) in [5.74, 6) is -0.905. The number of nitrogens with zero attached hydrogens (tertiary/aromatic N) is 2. The predicted octanol–water partition coefficient (Wildman–Crippen LogP) is 4.60. The summed E-state index contributed by atoms with van der Waals surface area (Å²) in [7, 11) is 0. The van der Waals surface area contributed by atoms with Gasteiger partial charge in [-0.2, -0.15) is 5.10 Å². The number of hydrazone groups is 1. The highest BCUT2D eigenvalue weighted by Crippen LogP contribution is 2.29. The fraction of sp³-hybridized carbons (Fsp3) is 0.0370. The normalized spacial score (nSPS) is 12.9. The third-order valence-corrected chi connectivity index (χ3v) is 6.03. The molecule has 5 rings (SSSR count). The van der Waals surface area contributed by atoms with Gasteiger partial charge in [0.05, 0.1) is 22.4 Å². The SMILES string of the molecule is O=C(NN=Cc1ccc(OCN2C(=O)c3ccccc3C2=O)c2ccccc12)c1ccc(O)c(Cl)c1. The molecule has 4 aromatic carbocycles. The Kier molecular flexibility index (Phi) is 6.10. The number of nitrogens with one attached hydrogen (secondary N) is 1. The fourth-order valence-corrected chi connectivity index (χ4v) is 4.08. The molecule has 0 fully saturated rings. The second kappa shape index (κ2) is 9.52. The van der Waals surface area contributed by atoms with Gasteiger partial charge in [0.2, 0.25) is 0 Å². The molecule has 0 saturated heterocycles. The first kappa shape index (κ1) is 23.1. The van der Waals surface area contributed by atoms with E-state index in [9.17, 15) is 19.5 Å². The second-order valence-corrected chi connectivity index (χ2v) is 8.33. The van der Waals surface area contributed by atoms with Gasteiger partial charge in [-0.05, 0) is 47.9 Å². The van der Waals surface area contributed by atoms with Crippen molar-refractivity contribution in [1.29, 1.82) is 0 Å². The minimum absolute atomic E-state index is 0.0643. The van der Waals surface area contributed by atoms with E-state index in [-0.39, 0.29) is 23.1 Å². The maximum absolute atomic E-state index is 12.6. The fourth-order valence-electron chi connectivity index (χ4n) is 3.90. The number of phenolic OH excluding ortho intramolecular Hbond substituents is 1. The number of fused-ring (bicyclic) bond motifs is 2. The standard InChI is InChI=1S/C27H18ClN3O5/c28-22-13-16(9-11-23(22)32)25(33)30-29-14-17-10-12-24(19-6-2-1-5-18(17)19)36-15-31-26(34)20-7-3-4-8-21(20)27(31)35/h1-14,32H,15H2,(H,30,33). The van der Waals surface area contributed by atoms with Gasteiger partial charge in [0.25, 0.3) is 17.7 Å². The van der Waals surface area contributed by atoms with E-state index < -0.39 is 17.7 Å². The first-order valence-electron chi connectivity index (χ1n) is 10.9. The third-order valence-electron chi connectivity index (χ3n) is 5.72. The van der Waals surface area contributed by atoms with Gasteiger partial charge in [-0.25, -0.2) is 10.3 Å². The number of benzene rings is 4. The number of carbonyl (C=O) groups excluding carboxylic acids is 3. The number of rotatable bonds is 6. The number of hydrogen-bond donors (Lipinski definition) is 2. The molecule has 178 valence electrons. The van der Waals surface area contributed by atoms with Crippen molar-refractivity contribution >= 4 is 46.3 Å². The van der Waals surface area contributed by atoms with Crippen molar-refractivity contribution in [1.82, 2.24) is 10.3 Å². The lowest BCUT2D eigenvalue weighted by Gasteiger charge is -2.16. The molecular formula is C27H18ClN3O5. The number of hydrogen-bond acceptors (Lipinski definition) is 6. The number of halogens is 1. The molecule has 1 aliphatic rings. The Hall–Kier alpha value is -4.69. The Morgan fingerprint density at radius 1 is 0.944 bits per heavy atom. The summed E-state index contributed by atoms with van der Waals surface area (Å²) >= 11 is 5.85. The summed E-state index contributed by atoms with van der Waals surface area (Å²) in [6.07, 6.45) is 1.50. The lowest BCUT2D eigenvalue weighted by molar-refractivity contribution is 0.0524. The molecule has 2 N–H and O–H groups in total. The summed E-state index contributed by atoms with van der Waals surface area (Å²) in [5, 5.41) is 15.1. The molecule has 1 aliphatic heterocycles. The predicted molar refractivity (Wildman–Crippen MR) is 135 cm³/mol. The molecule has 4 aromatic rings. The van der Waals surface area contributed by atoms with Crippen LogP contribution in [0.1, 0.15) is 36.6 Å². The van der Waals surface area contributed by atoms with E-state index in [4.69, 9.17) is 16.3 Å². The van der Waals surface area contributed by atoms with Crippen molar-refractivity contribution < 1.29 is 24.2 Å². The average molecular weight is 500 g/mol. The summed E-state index contributed by atoms with van der Waals surface area (Å²) in [4.78, 5) is 38.6. The number of amides is 3. The van der Waals surface area contributed by atoms with Gasteiger partial charge in [0.15, 0.2) is 6.73 Å². The van der Waals surface area contributed by atoms with Crippen LogP contribution in [0.25, 0.3) is 10.8 Å². The minimum Gasteiger partial charge on any atom is -0.506 e.